The van der Waals surface area contributed by atoms with Gasteiger partial charge in [0.05, 0.1) is 6.10 Å². The molecule has 1 N–H and O–H groups in total. The third-order valence-corrected chi connectivity index (χ3v) is 4.36. The molecule has 0 amide bonds. The molecular weight excluding hydrogens is 232 g/mol. The van der Waals surface area contributed by atoms with E-state index in [1.165, 1.54) is 11.5 Å². The Morgan fingerprint density at radius 2 is 2.06 bits per heavy atom. The summed E-state index contributed by atoms with van der Waals surface area (Å²) in [6.45, 7) is 2.44. The largest absolute Gasteiger partial charge is 0.491 e. The molecular formula is C14H20O2S. The van der Waals surface area contributed by atoms with Gasteiger partial charge in [-0.1, -0.05) is 18.2 Å². The van der Waals surface area contributed by atoms with Crippen molar-refractivity contribution in [2.45, 2.75) is 25.9 Å². The van der Waals surface area contributed by atoms with Crippen molar-refractivity contribution < 1.29 is 9.84 Å². The number of thioether (sulfide) groups is 1. The number of aliphatic hydroxyl groups excluding tert-OH is 1. The van der Waals surface area contributed by atoms with Crippen molar-refractivity contribution in [1.82, 2.24) is 0 Å². The van der Waals surface area contributed by atoms with Crippen molar-refractivity contribution in [3.8, 4) is 5.75 Å². The SMILES string of the molecule is Cc1ccccc1OCC(O)C1CCSCC1. The predicted molar refractivity (Wildman–Crippen MR) is 72.7 cm³/mol. The molecule has 0 radical (unpaired) electrons. The fraction of sp³-hybridized carbons (Fsp3) is 0.571. The number of hydrogen-bond donors (Lipinski definition) is 1. The van der Waals surface area contributed by atoms with E-state index >= 15 is 0 Å². The van der Waals surface area contributed by atoms with Gasteiger partial charge in [0.2, 0.25) is 0 Å². The molecule has 2 rings (SSSR count). The van der Waals surface area contributed by atoms with Crippen LogP contribution in [0.4, 0.5) is 0 Å². The minimum Gasteiger partial charge on any atom is -0.491 e. The molecule has 1 aliphatic heterocycles. The molecule has 0 bridgehead atoms. The summed E-state index contributed by atoms with van der Waals surface area (Å²) in [4.78, 5) is 0. The second kappa shape index (κ2) is 6.31. The van der Waals surface area contributed by atoms with Crippen molar-refractivity contribution >= 4 is 11.8 Å². The number of aliphatic hydroxyl groups is 1. The average molecular weight is 252 g/mol. The standard InChI is InChI=1S/C14H20O2S/c1-11-4-2-3-5-14(11)16-10-13(15)12-6-8-17-9-7-12/h2-5,12-13,15H,6-10H2,1H3. The van der Waals surface area contributed by atoms with Crippen molar-refractivity contribution in [2.24, 2.45) is 5.92 Å². The number of aryl methyl sites for hydroxylation is 1. The Morgan fingerprint density at radius 1 is 1.35 bits per heavy atom. The Bertz CT molecular complexity index is 348. The average Bonchev–Trinajstić information content (AvgIpc) is 2.38. The molecule has 1 aromatic carbocycles. The Hall–Kier alpha value is -0.670. The van der Waals surface area contributed by atoms with Gasteiger partial charge >= 0.3 is 0 Å². The minimum atomic E-state index is -0.324. The summed E-state index contributed by atoms with van der Waals surface area (Å²) in [6, 6.07) is 7.95. The maximum atomic E-state index is 10.1. The lowest BCUT2D eigenvalue weighted by molar-refractivity contribution is 0.0532. The quantitative estimate of drug-likeness (QED) is 0.893. The van der Waals surface area contributed by atoms with E-state index in [-0.39, 0.29) is 6.10 Å². The number of hydrogen-bond acceptors (Lipinski definition) is 3. The molecule has 0 spiro atoms. The highest BCUT2D eigenvalue weighted by Crippen LogP contribution is 2.26. The van der Waals surface area contributed by atoms with E-state index in [2.05, 4.69) is 0 Å². The zero-order chi connectivity index (χ0) is 12.1. The van der Waals surface area contributed by atoms with Crippen LogP contribution in [0.5, 0.6) is 5.75 Å². The van der Waals surface area contributed by atoms with Gasteiger partial charge in [-0.25, -0.2) is 0 Å². The zero-order valence-electron chi connectivity index (χ0n) is 10.3. The molecule has 0 saturated carbocycles. The summed E-state index contributed by atoms with van der Waals surface area (Å²) < 4.78 is 5.69. The van der Waals surface area contributed by atoms with Gasteiger partial charge in [-0.15, -0.1) is 0 Å². The second-order valence-corrected chi connectivity index (χ2v) is 5.82. The highest BCUT2D eigenvalue weighted by molar-refractivity contribution is 7.99. The summed E-state index contributed by atoms with van der Waals surface area (Å²) in [5, 5.41) is 10.1. The van der Waals surface area contributed by atoms with E-state index in [0.717, 1.165) is 24.2 Å². The summed E-state index contributed by atoms with van der Waals surface area (Å²) in [7, 11) is 0. The fourth-order valence-corrected chi connectivity index (χ4v) is 3.27. The molecule has 17 heavy (non-hydrogen) atoms. The molecule has 1 aliphatic rings. The Balaban J connectivity index is 1.83. The molecule has 1 unspecified atom stereocenters. The first kappa shape index (κ1) is 12.8. The number of para-hydroxylation sites is 1. The van der Waals surface area contributed by atoms with E-state index in [1.54, 1.807) is 0 Å². The Kier molecular flexibility index (Phi) is 4.75. The van der Waals surface area contributed by atoms with Crippen LogP contribution in [0, 0.1) is 12.8 Å². The molecule has 3 heteroatoms. The topological polar surface area (TPSA) is 29.5 Å². The highest BCUT2D eigenvalue weighted by atomic mass is 32.2. The predicted octanol–water partition coefficient (Wildman–Crippen LogP) is 2.88. The molecule has 1 atom stereocenters. The summed E-state index contributed by atoms with van der Waals surface area (Å²) in [6.07, 6.45) is 1.90. The van der Waals surface area contributed by atoms with Gasteiger partial charge in [-0.05, 0) is 48.8 Å². The molecule has 94 valence electrons. The smallest absolute Gasteiger partial charge is 0.122 e. The van der Waals surface area contributed by atoms with Crippen molar-refractivity contribution in [2.75, 3.05) is 18.1 Å². The third kappa shape index (κ3) is 3.65. The normalized spacial score (nSPS) is 18.9. The molecule has 1 aromatic rings. The van der Waals surface area contributed by atoms with Gasteiger partial charge in [0.25, 0.3) is 0 Å². The second-order valence-electron chi connectivity index (χ2n) is 4.59. The van der Waals surface area contributed by atoms with Gasteiger partial charge in [-0.3, -0.25) is 0 Å². The van der Waals surface area contributed by atoms with Crippen LogP contribution in [0.2, 0.25) is 0 Å². The molecule has 1 saturated heterocycles. The molecule has 1 heterocycles. The first-order chi connectivity index (χ1) is 8.27. The minimum absolute atomic E-state index is 0.324. The molecule has 0 aliphatic carbocycles. The van der Waals surface area contributed by atoms with Gasteiger partial charge < -0.3 is 9.84 Å². The van der Waals surface area contributed by atoms with Crippen molar-refractivity contribution in [1.29, 1.82) is 0 Å². The van der Waals surface area contributed by atoms with Crippen molar-refractivity contribution in [3.63, 3.8) is 0 Å². The summed E-state index contributed by atoms with van der Waals surface area (Å²) >= 11 is 1.98. The van der Waals surface area contributed by atoms with E-state index in [9.17, 15) is 5.11 Å². The van der Waals surface area contributed by atoms with Crippen LogP contribution in [0.25, 0.3) is 0 Å². The van der Waals surface area contributed by atoms with Crippen LogP contribution in [-0.4, -0.2) is 29.3 Å². The van der Waals surface area contributed by atoms with Gasteiger partial charge in [0.15, 0.2) is 0 Å². The van der Waals surface area contributed by atoms with Crippen LogP contribution in [-0.2, 0) is 0 Å². The molecule has 1 fully saturated rings. The molecule has 2 nitrogen and oxygen atoms in total. The number of rotatable bonds is 4. The first-order valence-electron chi connectivity index (χ1n) is 6.21. The lowest BCUT2D eigenvalue weighted by Crippen LogP contribution is -2.30. The number of ether oxygens (including phenoxy) is 1. The van der Waals surface area contributed by atoms with Crippen LogP contribution >= 0.6 is 11.8 Å². The first-order valence-corrected chi connectivity index (χ1v) is 7.37. The van der Waals surface area contributed by atoms with Crippen LogP contribution in [0.15, 0.2) is 24.3 Å². The maximum Gasteiger partial charge on any atom is 0.122 e. The lowest BCUT2D eigenvalue weighted by Gasteiger charge is -2.26. The Labute approximate surface area is 107 Å². The summed E-state index contributed by atoms with van der Waals surface area (Å²) in [5.41, 5.74) is 1.12. The highest BCUT2D eigenvalue weighted by Gasteiger charge is 2.22. The maximum absolute atomic E-state index is 10.1. The van der Waals surface area contributed by atoms with Crippen LogP contribution < -0.4 is 4.74 Å². The van der Waals surface area contributed by atoms with E-state index in [0.29, 0.717) is 12.5 Å². The fourth-order valence-electron chi connectivity index (χ4n) is 2.13. The van der Waals surface area contributed by atoms with Gasteiger partial charge in [-0.2, -0.15) is 11.8 Å². The van der Waals surface area contributed by atoms with E-state index in [1.807, 2.05) is 43.0 Å². The van der Waals surface area contributed by atoms with Crippen LogP contribution in [0.1, 0.15) is 18.4 Å². The summed E-state index contributed by atoms with van der Waals surface area (Å²) in [5.74, 6) is 3.65. The van der Waals surface area contributed by atoms with E-state index < -0.39 is 0 Å². The monoisotopic (exact) mass is 252 g/mol. The van der Waals surface area contributed by atoms with Crippen molar-refractivity contribution in [3.05, 3.63) is 29.8 Å². The third-order valence-electron chi connectivity index (χ3n) is 3.31. The Morgan fingerprint density at radius 3 is 2.76 bits per heavy atom. The van der Waals surface area contributed by atoms with Gasteiger partial charge in [0.1, 0.15) is 12.4 Å². The lowest BCUT2D eigenvalue weighted by atomic mass is 9.96. The van der Waals surface area contributed by atoms with Gasteiger partial charge in [0, 0.05) is 0 Å². The van der Waals surface area contributed by atoms with E-state index in [4.69, 9.17) is 4.74 Å². The molecule has 0 aromatic heterocycles. The van der Waals surface area contributed by atoms with Crippen LogP contribution in [0.3, 0.4) is 0 Å². The zero-order valence-corrected chi connectivity index (χ0v) is 11.1. The number of benzene rings is 1.